The second kappa shape index (κ2) is 4.95. The Bertz CT molecular complexity index is 488. The van der Waals surface area contributed by atoms with E-state index in [4.69, 9.17) is 0 Å². The van der Waals surface area contributed by atoms with Gasteiger partial charge in [-0.25, -0.2) is 14.8 Å². The normalized spacial score (nSPS) is 17.4. The van der Waals surface area contributed by atoms with Gasteiger partial charge in [-0.3, -0.25) is 4.79 Å². The maximum absolute atomic E-state index is 11.9. The number of carbonyl (C=O) groups is 2. The molecule has 1 saturated carbocycles. The third-order valence-corrected chi connectivity index (χ3v) is 3.27. The van der Waals surface area contributed by atoms with Gasteiger partial charge in [-0.05, 0) is 18.3 Å². The summed E-state index contributed by atoms with van der Waals surface area (Å²) in [6.07, 6.45) is 4.40. The Morgan fingerprint density at radius 3 is 2.47 bits per heavy atom. The summed E-state index contributed by atoms with van der Waals surface area (Å²) in [6, 6.07) is 0. The number of methoxy groups -OCH3 is 1. The summed E-state index contributed by atoms with van der Waals surface area (Å²) in [5.41, 5.74) is 0.368. The largest absolute Gasteiger partial charge is 0.464 e. The number of nitrogens with zero attached hydrogens (tertiary/aromatic N) is 2. The molecule has 6 heteroatoms. The molecule has 1 N–H and O–H groups in total. The number of amides is 1. The molecule has 1 aliphatic carbocycles. The van der Waals surface area contributed by atoms with Crippen molar-refractivity contribution in [1.29, 1.82) is 0 Å². The number of anilines is 1. The topological polar surface area (TPSA) is 81.2 Å². The minimum absolute atomic E-state index is 0.0390. The first-order valence-electron chi connectivity index (χ1n) is 6.12. The summed E-state index contributed by atoms with van der Waals surface area (Å²) in [4.78, 5) is 30.9. The number of nitrogens with one attached hydrogen (secondary N) is 1. The average Bonchev–Trinajstić information content (AvgIpc) is 2.35. The van der Waals surface area contributed by atoms with E-state index in [0.717, 1.165) is 12.8 Å². The highest BCUT2D eigenvalue weighted by Gasteiger charge is 2.40. The van der Waals surface area contributed by atoms with Crippen LogP contribution >= 0.6 is 0 Å². The molecule has 0 spiro atoms. The second-order valence-electron chi connectivity index (χ2n) is 5.54. The Kier molecular flexibility index (Phi) is 3.50. The number of aromatic nitrogens is 2. The molecule has 0 saturated heterocycles. The van der Waals surface area contributed by atoms with Crippen molar-refractivity contribution in [3.8, 4) is 0 Å². The van der Waals surface area contributed by atoms with Crippen LogP contribution in [-0.4, -0.2) is 29.0 Å². The van der Waals surface area contributed by atoms with Crippen molar-refractivity contribution < 1.29 is 14.3 Å². The van der Waals surface area contributed by atoms with Crippen LogP contribution in [0.15, 0.2) is 12.4 Å². The van der Waals surface area contributed by atoms with E-state index < -0.39 is 5.97 Å². The lowest BCUT2D eigenvalue weighted by Crippen LogP contribution is -2.39. The van der Waals surface area contributed by atoms with Gasteiger partial charge < -0.3 is 10.1 Å². The van der Waals surface area contributed by atoms with E-state index in [1.807, 2.05) is 0 Å². The quantitative estimate of drug-likeness (QED) is 0.838. The van der Waals surface area contributed by atoms with Crippen LogP contribution in [0.25, 0.3) is 0 Å². The van der Waals surface area contributed by atoms with Gasteiger partial charge >= 0.3 is 5.97 Å². The van der Waals surface area contributed by atoms with Gasteiger partial charge in [-0.2, -0.15) is 0 Å². The molecule has 0 unspecified atom stereocenters. The smallest absolute Gasteiger partial charge is 0.358 e. The predicted octanol–water partition coefficient (Wildman–Crippen LogP) is 1.64. The first-order chi connectivity index (χ1) is 8.91. The van der Waals surface area contributed by atoms with E-state index in [1.54, 1.807) is 0 Å². The van der Waals surface area contributed by atoms with Crippen LogP contribution in [0, 0.1) is 11.3 Å². The SMILES string of the molecule is COC(=O)c1cnc(NC(=O)C2CC(C)(C)C2)cn1. The highest BCUT2D eigenvalue weighted by Crippen LogP contribution is 2.44. The molecule has 6 nitrogen and oxygen atoms in total. The zero-order chi connectivity index (χ0) is 14.0. The summed E-state index contributed by atoms with van der Waals surface area (Å²) in [5, 5.41) is 2.70. The Morgan fingerprint density at radius 2 is 2.00 bits per heavy atom. The molecule has 2 rings (SSSR count). The molecule has 0 radical (unpaired) electrons. The van der Waals surface area contributed by atoms with Gasteiger partial charge in [0.1, 0.15) is 0 Å². The summed E-state index contributed by atoms with van der Waals surface area (Å²) < 4.78 is 4.52. The maximum atomic E-state index is 11.9. The fourth-order valence-electron chi connectivity index (χ4n) is 2.29. The first-order valence-corrected chi connectivity index (χ1v) is 6.12. The van der Waals surface area contributed by atoms with Gasteiger partial charge in [-0.15, -0.1) is 0 Å². The summed E-state index contributed by atoms with van der Waals surface area (Å²) in [5.74, 6) is -0.204. The predicted molar refractivity (Wildman–Crippen MR) is 68.5 cm³/mol. The van der Waals surface area contributed by atoms with E-state index in [2.05, 4.69) is 33.9 Å². The Morgan fingerprint density at radius 1 is 1.32 bits per heavy atom. The summed E-state index contributed by atoms with van der Waals surface area (Å²) in [7, 11) is 1.28. The lowest BCUT2D eigenvalue weighted by molar-refractivity contribution is -0.126. The van der Waals surface area contributed by atoms with E-state index in [-0.39, 0.29) is 22.9 Å². The number of esters is 1. The Labute approximate surface area is 111 Å². The van der Waals surface area contributed by atoms with Crippen molar-refractivity contribution in [3.63, 3.8) is 0 Å². The second-order valence-corrected chi connectivity index (χ2v) is 5.54. The fourth-order valence-corrected chi connectivity index (χ4v) is 2.29. The van der Waals surface area contributed by atoms with Gasteiger partial charge in [0.25, 0.3) is 0 Å². The van der Waals surface area contributed by atoms with Crippen molar-refractivity contribution in [2.24, 2.45) is 11.3 Å². The van der Waals surface area contributed by atoms with E-state index >= 15 is 0 Å². The third-order valence-electron chi connectivity index (χ3n) is 3.27. The molecule has 1 aromatic rings. The highest BCUT2D eigenvalue weighted by molar-refractivity contribution is 5.92. The minimum Gasteiger partial charge on any atom is -0.464 e. The van der Waals surface area contributed by atoms with Gasteiger partial charge in [0.15, 0.2) is 11.5 Å². The Balaban J connectivity index is 1.93. The molecule has 1 aromatic heterocycles. The van der Waals surface area contributed by atoms with Crippen molar-refractivity contribution in [1.82, 2.24) is 9.97 Å². The van der Waals surface area contributed by atoms with Crippen molar-refractivity contribution in [2.45, 2.75) is 26.7 Å². The van der Waals surface area contributed by atoms with Gasteiger partial charge in [-0.1, -0.05) is 13.8 Å². The summed E-state index contributed by atoms with van der Waals surface area (Å²) in [6.45, 7) is 4.28. The van der Waals surface area contributed by atoms with Crippen LogP contribution in [0.4, 0.5) is 5.82 Å². The van der Waals surface area contributed by atoms with Crippen LogP contribution in [0.5, 0.6) is 0 Å². The molecule has 1 fully saturated rings. The Hall–Kier alpha value is -1.98. The number of hydrogen-bond acceptors (Lipinski definition) is 5. The molecule has 0 bridgehead atoms. The molecule has 0 aliphatic heterocycles. The molecular weight excluding hydrogens is 246 g/mol. The number of ether oxygens (including phenoxy) is 1. The molecular formula is C13H17N3O3. The van der Waals surface area contributed by atoms with Crippen LogP contribution in [0.2, 0.25) is 0 Å². The van der Waals surface area contributed by atoms with E-state index in [1.165, 1.54) is 19.5 Å². The van der Waals surface area contributed by atoms with E-state index in [0.29, 0.717) is 5.82 Å². The molecule has 1 aliphatic rings. The first kappa shape index (κ1) is 13.5. The molecule has 0 atom stereocenters. The maximum Gasteiger partial charge on any atom is 0.358 e. The molecule has 1 heterocycles. The zero-order valence-electron chi connectivity index (χ0n) is 11.3. The van der Waals surface area contributed by atoms with Gasteiger partial charge in [0.2, 0.25) is 5.91 Å². The molecule has 19 heavy (non-hydrogen) atoms. The lowest BCUT2D eigenvalue weighted by Gasteiger charge is -2.41. The van der Waals surface area contributed by atoms with Crippen LogP contribution in [0.1, 0.15) is 37.2 Å². The molecule has 0 aromatic carbocycles. The van der Waals surface area contributed by atoms with Crippen molar-refractivity contribution in [3.05, 3.63) is 18.1 Å². The molecule has 102 valence electrons. The standard InChI is InChI=1S/C13H17N3O3/c1-13(2)4-8(5-13)11(17)16-10-7-14-9(6-15-10)12(18)19-3/h6-8H,4-5H2,1-3H3,(H,15,16,17). The van der Waals surface area contributed by atoms with Crippen LogP contribution < -0.4 is 5.32 Å². The average molecular weight is 263 g/mol. The number of hydrogen-bond donors (Lipinski definition) is 1. The summed E-state index contributed by atoms with van der Waals surface area (Å²) >= 11 is 0. The monoisotopic (exact) mass is 263 g/mol. The van der Waals surface area contributed by atoms with Crippen molar-refractivity contribution in [2.75, 3.05) is 12.4 Å². The van der Waals surface area contributed by atoms with Gasteiger partial charge in [0, 0.05) is 5.92 Å². The lowest BCUT2D eigenvalue weighted by atomic mass is 9.64. The van der Waals surface area contributed by atoms with Gasteiger partial charge in [0.05, 0.1) is 19.5 Å². The zero-order valence-corrected chi connectivity index (χ0v) is 11.3. The van der Waals surface area contributed by atoms with Crippen molar-refractivity contribution >= 4 is 17.7 Å². The highest BCUT2D eigenvalue weighted by atomic mass is 16.5. The number of carbonyl (C=O) groups excluding carboxylic acids is 2. The van der Waals surface area contributed by atoms with Crippen LogP contribution in [-0.2, 0) is 9.53 Å². The van der Waals surface area contributed by atoms with Crippen LogP contribution in [0.3, 0.4) is 0 Å². The fraction of sp³-hybridized carbons (Fsp3) is 0.538. The minimum atomic E-state index is -0.550. The van der Waals surface area contributed by atoms with E-state index in [9.17, 15) is 9.59 Å². The number of rotatable bonds is 3. The third kappa shape index (κ3) is 3.07. The molecule has 1 amide bonds.